The number of para-hydroxylation sites is 1. The first kappa shape index (κ1) is 16.3. The molecule has 1 aromatic heterocycles. The Labute approximate surface area is 133 Å². The van der Waals surface area contributed by atoms with E-state index in [-0.39, 0.29) is 17.1 Å². The summed E-state index contributed by atoms with van der Waals surface area (Å²) in [7, 11) is 0. The summed E-state index contributed by atoms with van der Waals surface area (Å²) >= 11 is 1.46. The summed E-state index contributed by atoms with van der Waals surface area (Å²) in [5.74, 6) is 0.0949. The molecular formula is C16H19N3O2S. The third-order valence-corrected chi connectivity index (χ3v) is 4.19. The molecule has 2 rings (SSSR count). The van der Waals surface area contributed by atoms with Gasteiger partial charge in [-0.15, -0.1) is 0 Å². The van der Waals surface area contributed by atoms with Crippen LogP contribution >= 0.6 is 11.8 Å². The van der Waals surface area contributed by atoms with Gasteiger partial charge >= 0.3 is 0 Å². The molecule has 2 aromatic rings. The van der Waals surface area contributed by atoms with E-state index in [1.807, 2.05) is 44.4 Å². The molecule has 116 valence electrons. The van der Waals surface area contributed by atoms with E-state index in [9.17, 15) is 9.59 Å². The van der Waals surface area contributed by atoms with E-state index in [1.54, 1.807) is 6.07 Å². The highest BCUT2D eigenvalue weighted by atomic mass is 32.2. The topological polar surface area (TPSA) is 71.1 Å². The molecule has 1 heterocycles. The monoisotopic (exact) mass is 317 g/mol. The fraction of sp³-hybridized carbons (Fsp3) is 0.312. The van der Waals surface area contributed by atoms with Crippen LogP contribution in [-0.2, 0) is 4.79 Å². The van der Waals surface area contributed by atoms with Gasteiger partial charge < -0.3 is 10.6 Å². The molecule has 22 heavy (non-hydrogen) atoms. The zero-order valence-electron chi connectivity index (χ0n) is 12.8. The van der Waals surface area contributed by atoms with Crippen LogP contribution in [0, 0.1) is 0 Å². The van der Waals surface area contributed by atoms with E-state index in [2.05, 4.69) is 15.6 Å². The average molecular weight is 317 g/mol. The second-order valence-corrected chi connectivity index (χ2v) is 5.98. The molecule has 0 aliphatic carbocycles. The number of rotatable bonds is 5. The van der Waals surface area contributed by atoms with E-state index < -0.39 is 0 Å². The smallest absolute Gasteiger partial charge is 0.252 e. The van der Waals surface area contributed by atoms with Crippen molar-refractivity contribution in [3.05, 3.63) is 35.9 Å². The van der Waals surface area contributed by atoms with Gasteiger partial charge in [0.25, 0.3) is 5.91 Å². The van der Waals surface area contributed by atoms with Crippen molar-refractivity contribution in [2.24, 2.45) is 0 Å². The van der Waals surface area contributed by atoms with Crippen LogP contribution in [0.25, 0.3) is 10.9 Å². The standard InChI is InChI=1S/C16H19N3O2S/c1-4-17-16(21)12-9-14(19-15(20)10(2)22-3)18-13-8-6-5-7-11(12)13/h5-10H,4H2,1-3H3,(H,17,21)(H,18,19,20). The third kappa shape index (κ3) is 3.57. The van der Waals surface area contributed by atoms with Crippen molar-refractivity contribution in [3.63, 3.8) is 0 Å². The number of nitrogens with zero attached hydrogens (tertiary/aromatic N) is 1. The maximum Gasteiger partial charge on any atom is 0.252 e. The minimum Gasteiger partial charge on any atom is -0.352 e. The van der Waals surface area contributed by atoms with E-state index >= 15 is 0 Å². The fourth-order valence-electron chi connectivity index (χ4n) is 2.02. The first-order chi connectivity index (χ1) is 10.6. The Morgan fingerprint density at radius 2 is 2.05 bits per heavy atom. The highest BCUT2D eigenvalue weighted by Crippen LogP contribution is 2.21. The number of anilines is 1. The van der Waals surface area contributed by atoms with Crippen molar-refractivity contribution in [2.45, 2.75) is 19.1 Å². The molecule has 0 bridgehead atoms. The Bertz CT molecular complexity index is 703. The molecule has 0 aliphatic heterocycles. The summed E-state index contributed by atoms with van der Waals surface area (Å²) in [4.78, 5) is 28.7. The van der Waals surface area contributed by atoms with Gasteiger partial charge in [0.05, 0.1) is 16.3 Å². The van der Waals surface area contributed by atoms with Crippen LogP contribution in [-0.4, -0.2) is 34.8 Å². The fourth-order valence-corrected chi connectivity index (χ4v) is 2.29. The Morgan fingerprint density at radius 3 is 2.73 bits per heavy atom. The average Bonchev–Trinajstić information content (AvgIpc) is 2.53. The van der Waals surface area contributed by atoms with Crippen molar-refractivity contribution >= 4 is 40.3 Å². The number of hydrogen-bond acceptors (Lipinski definition) is 4. The van der Waals surface area contributed by atoms with Crippen molar-refractivity contribution in [1.82, 2.24) is 10.3 Å². The van der Waals surface area contributed by atoms with Gasteiger partial charge in [-0.25, -0.2) is 4.98 Å². The first-order valence-electron chi connectivity index (χ1n) is 7.08. The van der Waals surface area contributed by atoms with Crippen LogP contribution in [0.3, 0.4) is 0 Å². The Balaban J connectivity index is 2.44. The molecule has 0 saturated carbocycles. The SMILES string of the molecule is CCNC(=O)c1cc(NC(=O)C(C)SC)nc2ccccc12. The molecule has 0 saturated heterocycles. The number of nitrogens with one attached hydrogen (secondary N) is 2. The van der Waals surface area contributed by atoms with Gasteiger partial charge in [-0.3, -0.25) is 9.59 Å². The number of pyridine rings is 1. The van der Waals surface area contributed by atoms with E-state index in [1.165, 1.54) is 11.8 Å². The van der Waals surface area contributed by atoms with E-state index in [0.29, 0.717) is 23.4 Å². The second-order valence-electron chi connectivity index (χ2n) is 4.80. The number of thioether (sulfide) groups is 1. The molecular weight excluding hydrogens is 298 g/mol. The predicted molar refractivity (Wildman–Crippen MR) is 91.4 cm³/mol. The van der Waals surface area contributed by atoms with Gasteiger partial charge in [0.2, 0.25) is 5.91 Å². The lowest BCUT2D eigenvalue weighted by molar-refractivity contribution is -0.115. The van der Waals surface area contributed by atoms with Gasteiger partial charge in [0.15, 0.2) is 0 Å². The van der Waals surface area contributed by atoms with Crippen molar-refractivity contribution in [2.75, 3.05) is 18.1 Å². The van der Waals surface area contributed by atoms with Crippen molar-refractivity contribution in [3.8, 4) is 0 Å². The minimum atomic E-state index is -0.179. The molecule has 2 N–H and O–H groups in total. The van der Waals surface area contributed by atoms with Gasteiger partial charge in [0.1, 0.15) is 5.82 Å². The van der Waals surface area contributed by atoms with E-state index in [0.717, 1.165) is 5.39 Å². The van der Waals surface area contributed by atoms with Crippen molar-refractivity contribution < 1.29 is 9.59 Å². The number of aromatic nitrogens is 1. The molecule has 0 aliphatic rings. The number of carbonyl (C=O) groups excluding carboxylic acids is 2. The lowest BCUT2D eigenvalue weighted by atomic mass is 10.1. The third-order valence-electron chi connectivity index (χ3n) is 3.27. The summed E-state index contributed by atoms with van der Waals surface area (Å²) < 4.78 is 0. The summed E-state index contributed by atoms with van der Waals surface area (Å²) in [6.07, 6.45) is 1.87. The quantitative estimate of drug-likeness (QED) is 0.889. The molecule has 1 atom stereocenters. The van der Waals surface area contributed by atoms with Crippen LogP contribution < -0.4 is 10.6 Å². The number of fused-ring (bicyclic) bond motifs is 1. The Hall–Kier alpha value is -2.08. The van der Waals surface area contributed by atoms with Gasteiger partial charge in [-0.2, -0.15) is 11.8 Å². The summed E-state index contributed by atoms with van der Waals surface area (Å²) in [6.45, 7) is 4.23. The Morgan fingerprint density at radius 1 is 1.32 bits per heavy atom. The van der Waals surface area contributed by atoms with Crippen LogP contribution in [0.4, 0.5) is 5.82 Å². The lowest BCUT2D eigenvalue weighted by Gasteiger charge is -2.12. The summed E-state index contributed by atoms with van der Waals surface area (Å²) in [6, 6.07) is 9.01. The molecule has 5 nitrogen and oxygen atoms in total. The molecule has 6 heteroatoms. The van der Waals surface area contributed by atoms with Crippen LogP contribution in [0.5, 0.6) is 0 Å². The number of hydrogen-bond donors (Lipinski definition) is 2. The number of carbonyl (C=O) groups is 2. The predicted octanol–water partition coefficient (Wildman–Crippen LogP) is 2.67. The van der Waals surface area contributed by atoms with Crippen molar-refractivity contribution in [1.29, 1.82) is 0 Å². The molecule has 0 radical (unpaired) electrons. The Kier molecular flexibility index (Phi) is 5.38. The van der Waals surface area contributed by atoms with Gasteiger partial charge in [-0.1, -0.05) is 18.2 Å². The van der Waals surface area contributed by atoms with Gasteiger partial charge in [-0.05, 0) is 32.2 Å². The highest BCUT2D eigenvalue weighted by molar-refractivity contribution is 7.99. The normalized spacial score (nSPS) is 12.0. The molecule has 0 fully saturated rings. The summed E-state index contributed by atoms with van der Waals surface area (Å²) in [5, 5.41) is 6.14. The molecule has 0 spiro atoms. The highest BCUT2D eigenvalue weighted by Gasteiger charge is 2.16. The number of benzene rings is 1. The van der Waals surface area contributed by atoms with Crippen LogP contribution in [0.1, 0.15) is 24.2 Å². The summed E-state index contributed by atoms with van der Waals surface area (Å²) in [5.41, 5.74) is 1.19. The van der Waals surface area contributed by atoms with Gasteiger partial charge in [0, 0.05) is 11.9 Å². The van der Waals surface area contributed by atoms with E-state index in [4.69, 9.17) is 0 Å². The zero-order chi connectivity index (χ0) is 16.1. The van der Waals surface area contributed by atoms with Crippen LogP contribution in [0.2, 0.25) is 0 Å². The zero-order valence-corrected chi connectivity index (χ0v) is 13.7. The second kappa shape index (κ2) is 7.26. The maximum absolute atomic E-state index is 12.2. The molecule has 1 unspecified atom stereocenters. The maximum atomic E-state index is 12.2. The number of amides is 2. The largest absolute Gasteiger partial charge is 0.352 e. The molecule has 1 aromatic carbocycles. The lowest BCUT2D eigenvalue weighted by Crippen LogP contribution is -2.25. The molecule has 2 amide bonds. The minimum absolute atomic E-state index is 0.128. The first-order valence-corrected chi connectivity index (χ1v) is 8.37. The van der Waals surface area contributed by atoms with Crippen LogP contribution in [0.15, 0.2) is 30.3 Å².